The van der Waals surface area contributed by atoms with Gasteiger partial charge in [0.15, 0.2) is 0 Å². The van der Waals surface area contributed by atoms with Crippen LogP contribution in [0.15, 0.2) is 41.2 Å². The Morgan fingerprint density at radius 1 is 1.25 bits per heavy atom. The van der Waals surface area contributed by atoms with Gasteiger partial charge in [-0.1, -0.05) is 0 Å². The molecule has 5 nitrogen and oxygen atoms in total. The Kier molecular flexibility index (Phi) is 4.64. The van der Waals surface area contributed by atoms with Crippen molar-refractivity contribution in [2.24, 2.45) is 0 Å². The lowest BCUT2D eigenvalue weighted by Gasteiger charge is -2.33. The first-order valence-corrected chi connectivity index (χ1v) is 8.04. The molecule has 3 rings (SSSR count). The Morgan fingerprint density at radius 3 is 2.71 bits per heavy atom. The summed E-state index contributed by atoms with van der Waals surface area (Å²) in [6.45, 7) is 2.93. The molecule has 1 aliphatic heterocycles. The molecule has 0 saturated carbocycles. The monoisotopic (exact) mass is 329 g/mol. The van der Waals surface area contributed by atoms with E-state index in [1.165, 1.54) is 12.1 Å². The summed E-state index contributed by atoms with van der Waals surface area (Å²) in [7, 11) is 0. The highest BCUT2D eigenvalue weighted by Gasteiger charge is 2.25. The Morgan fingerprint density at radius 2 is 2.00 bits per heavy atom. The third kappa shape index (κ3) is 3.64. The number of amides is 1. The van der Waals surface area contributed by atoms with Crippen LogP contribution < -0.4 is 10.9 Å². The van der Waals surface area contributed by atoms with Crippen molar-refractivity contribution in [2.75, 3.05) is 18.4 Å². The van der Waals surface area contributed by atoms with Crippen LogP contribution >= 0.6 is 0 Å². The Bertz CT molecular complexity index is 786. The summed E-state index contributed by atoms with van der Waals surface area (Å²) in [6.07, 6.45) is 1.78. The van der Waals surface area contributed by atoms with Gasteiger partial charge in [-0.05, 0) is 56.2 Å². The van der Waals surface area contributed by atoms with Crippen molar-refractivity contribution in [3.8, 4) is 0 Å². The molecule has 1 saturated heterocycles. The van der Waals surface area contributed by atoms with Crippen LogP contribution in [0.5, 0.6) is 0 Å². The molecule has 0 bridgehead atoms. The number of nitrogens with one attached hydrogen (secondary N) is 2. The summed E-state index contributed by atoms with van der Waals surface area (Å²) < 4.78 is 13.0. The van der Waals surface area contributed by atoms with E-state index in [0.29, 0.717) is 13.1 Å². The molecule has 1 atom stereocenters. The number of hydrogen-bond acceptors (Lipinski definition) is 3. The minimum Gasteiger partial charge on any atom is -0.381 e. The van der Waals surface area contributed by atoms with Gasteiger partial charge in [0.25, 0.3) is 11.5 Å². The number of likely N-dealkylation sites (tertiary alicyclic amines) is 1. The molecule has 6 heteroatoms. The van der Waals surface area contributed by atoms with Crippen LogP contribution in [0.2, 0.25) is 0 Å². The molecule has 2 heterocycles. The second kappa shape index (κ2) is 6.86. The van der Waals surface area contributed by atoms with Gasteiger partial charge in [-0.15, -0.1) is 0 Å². The molecule has 1 aromatic carbocycles. The lowest BCUT2D eigenvalue weighted by atomic mass is 10.0. The Hall–Kier alpha value is -2.63. The quantitative estimate of drug-likeness (QED) is 0.909. The molecule has 1 aliphatic rings. The van der Waals surface area contributed by atoms with Crippen molar-refractivity contribution in [2.45, 2.75) is 25.8 Å². The van der Waals surface area contributed by atoms with Crippen molar-refractivity contribution in [1.82, 2.24) is 9.88 Å². The fourth-order valence-electron chi connectivity index (χ4n) is 2.97. The van der Waals surface area contributed by atoms with Crippen molar-refractivity contribution in [3.05, 3.63) is 63.8 Å². The molecule has 126 valence electrons. The standard InChI is InChI=1S/C18H20FN3O2/c1-12-4-9-16(17(23)20-12)18(24)22-10-2-3-15(11-22)21-14-7-5-13(19)6-8-14/h4-9,15,21H,2-3,10-11H2,1H3,(H,20,23)/t15-/m0/s1. The first-order chi connectivity index (χ1) is 11.5. The van der Waals surface area contributed by atoms with Gasteiger partial charge in [0, 0.05) is 30.5 Å². The van der Waals surface area contributed by atoms with Gasteiger partial charge in [0.05, 0.1) is 0 Å². The van der Waals surface area contributed by atoms with E-state index in [1.807, 2.05) is 0 Å². The zero-order valence-corrected chi connectivity index (χ0v) is 13.5. The summed E-state index contributed by atoms with van der Waals surface area (Å²) >= 11 is 0. The highest BCUT2D eigenvalue weighted by Crippen LogP contribution is 2.17. The van der Waals surface area contributed by atoms with Gasteiger partial charge in [0.1, 0.15) is 11.4 Å². The maximum atomic E-state index is 13.0. The average molecular weight is 329 g/mol. The smallest absolute Gasteiger partial charge is 0.260 e. The molecule has 2 N–H and O–H groups in total. The van der Waals surface area contributed by atoms with Crippen molar-refractivity contribution >= 4 is 11.6 Å². The number of aromatic nitrogens is 1. The van der Waals surface area contributed by atoms with E-state index in [9.17, 15) is 14.0 Å². The molecule has 1 amide bonds. The maximum Gasteiger partial charge on any atom is 0.260 e. The van der Waals surface area contributed by atoms with E-state index in [4.69, 9.17) is 0 Å². The molecule has 0 spiro atoms. The van der Waals surface area contributed by atoms with Gasteiger partial charge in [-0.3, -0.25) is 9.59 Å². The maximum absolute atomic E-state index is 13.0. The van der Waals surface area contributed by atoms with E-state index in [1.54, 1.807) is 36.1 Å². The lowest BCUT2D eigenvalue weighted by Crippen LogP contribution is -2.46. The van der Waals surface area contributed by atoms with E-state index in [0.717, 1.165) is 24.2 Å². The van der Waals surface area contributed by atoms with Crippen LogP contribution in [-0.2, 0) is 0 Å². The van der Waals surface area contributed by atoms with Crippen molar-refractivity contribution in [1.29, 1.82) is 0 Å². The van der Waals surface area contributed by atoms with Crippen LogP contribution in [0.1, 0.15) is 28.9 Å². The normalized spacial score (nSPS) is 17.6. The van der Waals surface area contributed by atoms with Gasteiger partial charge >= 0.3 is 0 Å². The third-order valence-corrected chi connectivity index (χ3v) is 4.21. The fraction of sp³-hybridized carbons (Fsp3) is 0.333. The molecule has 1 aromatic heterocycles. The van der Waals surface area contributed by atoms with E-state index >= 15 is 0 Å². The van der Waals surface area contributed by atoms with E-state index in [2.05, 4.69) is 10.3 Å². The number of carbonyl (C=O) groups is 1. The summed E-state index contributed by atoms with van der Waals surface area (Å²) in [4.78, 5) is 28.9. The highest BCUT2D eigenvalue weighted by atomic mass is 19.1. The van der Waals surface area contributed by atoms with Crippen LogP contribution in [0.4, 0.5) is 10.1 Å². The Labute approximate surface area is 139 Å². The first kappa shape index (κ1) is 16.2. The minimum absolute atomic E-state index is 0.0812. The predicted molar refractivity (Wildman–Crippen MR) is 90.7 cm³/mol. The molecule has 0 unspecified atom stereocenters. The van der Waals surface area contributed by atoms with Crippen LogP contribution in [0, 0.1) is 12.7 Å². The second-order valence-electron chi connectivity index (χ2n) is 6.13. The molecular weight excluding hydrogens is 309 g/mol. The zero-order chi connectivity index (χ0) is 17.1. The number of aryl methyl sites for hydroxylation is 1. The number of nitrogens with zero attached hydrogens (tertiary/aromatic N) is 1. The van der Waals surface area contributed by atoms with Crippen LogP contribution in [0.3, 0.4) is 0 Å². The topological polar surface area (TPSA) is 65.2 Å². The average Bonchev–Trinajstić information content (AvgIpc) is 2.57. The minimum atomic E-state index is -0.353. The molecule has 2 aromatic rings. The SMILES string of the molecule is Cc1ccc(C(=O)N2CCC[C@H](Nc3ccc(F)cc3)C2)c(=O)[nH]1. The fourth-order valence-corrected chi connectivity index (χ4v) is 2.97. The molecule has 24 heavy (non-hydrogen) atoms. The largest absolute Gasteiger partial charge is 0.381 e. The number of aromatic amines is 1. The van der Waals surface area contributed by atoms with Gasteiger partial charge < -0.3 is 15.2 Å². The summed E-state index contributed by atoms with van der Waals surface area (Å²) in [5.74, 6) is -0.526. The van der Waals surface area contributed by atoms with E-state index in [-0.39, 0.29) is 28.9 Å². The number of rotatable bonds is 3. The number of halogens is 1. The number of benzene rings is 1. The number of anilines is 1. The number of H-pyrrole nitrogens is 1. The summed E-state index contributed by atoms with van der Waals surface area (Å²) in [5, 5.41) is 3.32. The Balaban J connectivity index is 1.69. The second-order valence-corrected chi connectivity index (χ2v) is 6.13. The van der Waals surface area contributed by atoms with Gasteiger partial charge in [-0.25, -0.2) is 4.39 Å². The van der Waals surface area contributed by atoms with Crippen molar-refractivity contribution < 1.29 is 9.18 Å². The van der Waals surface area contributed by atoms with E-state index < -0.39 is 0 Å². The molecule has 1 fully saturated rings. The zero-order valence-electron chi connectivity index (χ0n) is 13.5. The van der Waals surface area contributed by atoms with Crippen LogP contribution in [-0.4, -0.2) is 34.9 Å². The molecular formula is C18H20FN3O2. The van der Waals surface area contributed by atoms with Crippen LogP contribution in [0.25, 0.3) is 0 Å². The van der Waals surface area contributed by atoms with Crippen molar-refractivity contribution in [3.63, 3.8) is 0 Å². The number of piperidine rings is 1. The number of carbonyl (C=O) groups excluding carboxylic acids is 1. The molecule has 0 aliphatic carbocycles. The third-order valence-electron chi connectivity index (χ3n) is 4.21. The highest BCUT2D eigenvalue weighted by molar-refractivity contribution is 5.94. The molecule has 0 radical (unpaired) electrons. The first-order valence-electron chi connectivity index (χ1n) is 8.04. The summed E-state index contributed by atoms with van der Waals surface area (Å²) in [5.41, 5.74) is 1.37. The lowest BCUT2D eigenvalue weighted by molar-refractivity contribution is 0.0713. The number of hydrogen-bond donors (Lipinski definition) is 2. The summed E-state index contributed by atoms with van der Waals surface area (Å²) in [6, 6.07) is 9.56. The van der Waals surface area contributed by atoms with Gasteiger partial charge in [-0.2, -0.15) is 0 Å². The number of pyridine rings is 1. The predicted octanol–water partition coefficient (Wildman–Crippen LogP) is 2.54. The van der Waals surface area contributed by atoms with Gasteiger partial charge in [0.2, 0.25) is 0 Å².